The molecule has 2 amide bonds. The Labute approximate surface area is 120 Å². The molecule has 1 saturated heterocycles. The molecule has 1 aromatic carbocycles. The Bertz CT molecular complexity index is 569. The highest BCUT2D eigenvalue weighted by Gasteiger charge is 2.47. The van der Waals surface area contributed by atoms with Crippen LogP contribution in [0.2, 0.25) is 0 Å². The second-order valence-corrected chi connectivity index (χ2v) is 6.68. The van der Waals surface area contributed by atoms with Crippen LogP contribution in [-0.2, 0) is 22.4 Å². The lowest BCUT2D eigenvalue weighted by Gasteiger charge is -2.44. The third-order valence-corrected chi connectivity index (χ3v) is 5.18. The van der Waals surface area contributed by atoms with E-state index in [1.165, 1.54) is 11.1 Å². The molecule has 1 aromatic rings. The van der Waals surface area contributed by atoms with Crippen molar-refractivity contribution in [2.45, 2.75) is 32.6 Å². The van der Waals surface area contributed by atoms with Crippen LogP contribution in [0, 0.1) is 11.3 Å². The first-order valence-corrected chi connectivity index (χ1v) is 7.40. The van der Waals surface area contributed by atoms with E-state index in [9.17, 15) is 9.59 Å². The number of amides is 2. The molecular formula is C15H16BrNO2. The van der Waals surface area contributed by atoms with Crippen molar-refractivity contribution in [2.75, 3.05) is 0 Å². The fourth-order valence-electron chi connectivity index (χ4n) is 3.41. The molecule has 2 unspecified atom stereocenters. The van der Waals surface area contributed by atoms with Gasteiger partial charge in [0.2, 0.25) is 11.8 Å². The quantitative estimate of drug-likeness (QED) is 0.746. The first-order valence-electron chi connectivity index (χ1n) is 6.61. The average molecular weight is 322 g/mol. The minimum atomic E-state index is -0.180. The number of imide groups is 1. The summed E-state index contributed by atoms with van der Waals surface area (Å²) in [5, 5.41) is 2.45. The van der Waals surface area contributed by atoms with Crippen molar-refractivity contribution in [3.05, 3.63) is 33.8 Å². The van der Waals surface area contributed by atoms with Crippen LogP contribution in [-0.4, -0.2) is 11.8 Å². The van der Waals surface area contributed by atoms with Gasteiger partial charge in [0.25, 0.3) is 0 Å². The Hall–Kier alpha value is -1.16. The van der Waals surface area contributed by atoms with Crippen LogP contribution in [0.4, 0.5) is 0 Å². The zero-order valence-electron chi connectivity index (χ0n) is 10.8. The highest BCUT2D eigenvalue weighted by molar-refractivity contribution is 9.10. The smallest absolute Gasteiger partial charge is 0.229 e. The minimum absolute atomic E-state index is 0.0954. The van der Waals surface area contributed by atoms with Gasteiger partial charge in [0, 0.05) is 16.8 Å². The first-order chi connectivity index (χ1) is 9.00. The fourth-order valence-corrected chi connectivity index (χ4v) is 3.82. The van der Waals surface area contributed by atoms with Gasteiger partial charge in [-0.15, -0.1) is 0 Å². The number of nitrogens with one attached hydrogen (secondary N) is 1. The van der Waals surface area contributed by atoms with Gasteiger partial charge in [-0.3, -0.25) is 14.9 Å². The summed E-state index contributed by atoms with van der Waals surface area (Å²) in [5.74, 6) is -0.331. The number of rotatable bonds is 0. The van der Waals surface area contributed by atoms with Gasteiger partial charge >= 0.3 is 0 Å². The predicted molar refractivity (Wildman–Crippen MR) is 75.5 cm³/mol. The van der Waals surface area contributed by atoms with E-state index in [4.69, 9.17) is 0 Å². The first kappa shape index (κ1) is 12.9. The van der Waals surface area contributed by atoms with Gasteiger partial charge in [-0.05, 0) is 47.9 Å². The lowest BCUT2D eigenvalue weighted by atomic mass is 9.61. The van der Waals surface area contributed by atoms with Crippen LogP contribution in [0.15, 0.2) is 22.7 Å². The third-order valence-electron chi connectivity index (χ3n) is 4.69. The third kappa shape index (κ3) is 2.12. The number of fused-ring (bicyclic) bond motifs is 1. The van der Waals surface area contributed by atoms with Gasteiger partial charge in [0.05, 0.1) is 0 Å². The predicted octanol–water partition coefficient (Wildman–Crippen LogP) is 2.61. The molecule has 2 aliphatic rings. The second kappa shape index (κ2) is 4.44. The summed E-state index contributed by atoms with van der Waals surface area (Å²) in [7, 11) is 0. The number of hydrogen-bond donors (Lipinski definition) is 1. The van der Waals surface area contributed by atoms with E-state index >= 15 is 0 Å². The van der Waals surface area contributed by atoms with Gasteiger partial charge < -0.3 is 0 Å². The van der Waals surface area contributed by atoms with E-state index in [0.29, 0.717) is 6.42 Å². The van der Waals surface area contributed by atoms with E-state index in [-0.39, 0.29) is 23.1 Å². The number of halogens is 1. The van der Waals surface area contributed by atoms with E-state index in [1.54, 1.807) is 0 Å². The van der Waals surface area contributed by atoms with Gasteiger partial charge in [-0.25, -0.2) is 0 Å². The van der Waals surface area contributed by atoms with Gasteiger partial charge in [0.1, 0.15) is 0 Å². The fraction of sp³-hybridized carbons (Fsp3) is 0.467. The highest BCUT2D eigenvalue weighted by atomic mass is 79.9. The summed E-state index contributed by atoms with van der Waals surface area (Å²) in [6.07, 6.45) is 3.15. The molecule has 0 radical (unpaired) electrons. The van der Waals surface area contributed by atoms with Crippen LogP contribution in [0.1, 0.15) is 30.9 Å². The van der Waals surface area contributed by atoms with Crippen LogP contribution >= 0.6 is 15.9 Å². The minimum Gasteiger partial charge on any atom is -0.296 e. The van der Waals surface area contributed by atoms with Crippen molar-refractivity contribution >= 4 is 27.7 Å². The second-order valence-electron chi connectivity index (χ2n) is 5.76. The summed E-state index contributed by atoms with van der Waals surface area (Å²) in [6.45, 7) is 1.95. The number of hydrogen-bond acceptors (Lipinski definition) is 2. The van der Waals surface area contributed by atoms with Crippen molar-refractivity contribution in [2.24, 2.45) is 11.3 Å². The number of benzene rings is 1. The van der Waals surface area contributed by atoms with Gasteiger partial charge in [0.15, 0.2) is 0 Å². The van der Waals surface area contributed by atoms with Gasteiger partial charge in [-0.2, -0.15) is 0 Å². The molecule has 1 N–H and O–H groups in total. The summed E-state index contributed by atoms with van der Waals surface area (Å²) in [6, 6.07) is 6.30. The molecule has 4 heteroatoms. The standard InChI is InChI=1S/C15H16BrNO2/c1-9-14(19)17-13(18)8-15(9)5-4-10-6-12(16)3-2-11(10)7-15/h2-3,6,9H,4-5,7-8H2,1H3,(H,17,18,19). The topological polar surface area (TPSA) is 46.2 Å². The Kier molecular flexibility index (Phi) is 3.01. The zero-order valence-corrected chi connectivity index (χ0v) is 12.4. The molecule has 0 saturated carbocycles. The number of aryl methyl sites for hydroxylation is 1. The maximum atomic E-state index is 11.9. The van der Waals surface area contributed by atoms with E-state index in [2.05, 4.69) is 33.4 Å². The SMILES string of the molecule is CC1C(=O)NC(=O)CC12CCc1cc(Br)ccc1C2. The molecule has 1 aliphatic heterocycles. The molecular weight excluding hydrogens is 306 g/mol. The molecule has 19 heavy (non-hydrogen) atoms. The summed E-state index contributed by atoms with van der Waals surface area (Å²) in [5.41, 5.74) is 2.44. The molecule has 2 atom stereocenters. The monoisotopic (exact) mass is 321 g/mol. The number of carbonyl (C=O) groups excluding carboxylic acids is 2. The molecule has 0 aromatic heterocycles. The summed E-state index contributed by atoms with van der Waals surface area (Å²) < 4.78 is 1.09. The molecule has 0 bridgehead atoms. The van der Waals surface area contributed by atoms with Crippen molar-refractivity contribution in [3.63, 3.8) is 0 Å². The largest absolute Gasteiger partial charge is 0.296 e. The van der Waals surface area contributed by atoms with Crippen molar-refractivity contribution in [3.8, 4) is 0 Å². The number of piperidine rings is 1. The van der Waals surface area contributed by atoms with Crippen molar-refractivity contribution in [1.29, 1.82) is 0 Å². The number of carbonyl (C=O) groups is 2. The van der Waals surface area contributed by atoms with Crippen LogP contribution in [0.25, 0.3) is 0 Å². The normalized spacial score (nSPS) is 30.1. The van der Waals surface area contributed by atoms with Crippen molar-refractivity contribution < 1.29 is 9.59 Å². The molecule has 1 spiro atoms. The molecule has 1 fully saturated rings. The summed E-state index contributed by atoms with van der Waals surface area (Å²) >= 11 is 3.49. The van der Waals surface area contributed by atoms with Crippen LogP contribution < -0.4 is 5.32 Å². The van der Waals surface area contributed by atoms with E-state index in [1.807, 2.05) is 13.0 Å². The molecule has 3 rings (SSSR count). The lowest BCUT2D eigenvalue weighted by molar-refractivity contribution is -0.143. The van der Waals surface area contributed by atoms with E-state index in [0.717, 1.165) is 23.7 Å². The van der Waals surface area contributed by atoms with Crippen molar-refractivity contribution in [1.82, 2.24) is 5.32 Å². The molecule has 1 aliphatic carbocycles. The molecule has 1 heterocycles. The molecule has 100 valence electrons. The Morgan fingerprint density at radius 2 is 2.05 bits per heavy atom. The Morgan fingerprint density at radius 1 is 1.26 bits per heavy atom. The average Bonchev–Trinajstić information content (AvgIpc) is 2.36. The zero-order chi connectivity index (χ0) is 13.6. The maximum Gasteiger partial charge on any atom is 0.229 e. The summed E-state index contributed by atoms with van der Waals surface area (Å²) in [4.78, 5) is 23.6. The van der Waals surface area contributed by atoms with E-state index < -0.39 is 0 Å². The maximum absolute atomic E-state index is 11.9. The van der Waals surface area contributed by atoms with Crippen LogP contribution in [0.5, 0.6) is 0 Å². The Balaban J connectivity index is 1.97. The van der Waals surface area contributed by atoms with Crippen LogP contribution in [0.3, 0.4) is 0 Å². The van der Waals surface area contributed by atoms with Gasteiger partial charge in [-0.1, -0.05) is 28.9 Å². The molecule has 3 nitrogen and oxygen atoms in total. The highest BCUT2D eigenvalue weighted by Crippen LogP contribution is 2.46. The Morgan fingerprint density at radius 3 is 2.84 bits per heavy atom. The lowest BCUT2D eigenvalue weighted by Crippen LogP contribution is -2.53.